The molecular weight excluding hydrogens is 274 g/mol. The largest absolute Gasteiger partial charge is 2.00 e. The van der Waals surface area contributed by atoms with Gasteiger partial charge in [0.25, 0.3) is 0 Å². The van der Waals surface area contributed by atoms with Gasteiger partial charge in [-0.1, -0.05) is 6.54 Å². The second-order valence-electron chi connectivity index (χ2n) is 1.15. The maximum atomic E-state index is 9.57. The van der Waals surface area contributed by atoms with Gasteiger partial charge in [0, 0.05) is 0 Å². The first kappa shape index (κ1) is 11.2. The van der Waals surface area contributed by atoms with Crippen LogP contribution >= 0.6 is 0 Å². The molecule has 0 aromatic rings. The third-order valence-electron chi connectivity index (χ3n) is 0.520. The zero-order valence-electron chi connectivity index (χ0n) is 4.67. The van der Waals surface area contributed by atoms with E-state index in [1.54, 1.807) is 0 Å². The molecule has 0 saturated heterocycles. The van der Waals surface area contributed by atoms with Crippen LogP contribution in [0.1, 0.15) is 6.42 Å². The maximum Gasteiger partial charge on any atom is 2.00 e. The van der Waals surface area contributed by atoms with Crippen LogP contribution in [0.5, 0.6) is 0 Å². The van der Waals surface area contributed by atoms with Gasteiger partial charge in [0.2, 0.25) is 0 Å². The van der Waals surface area contributed by atoms with Gasteiger partial charge in [-0.05, 0) is 0 Å². The van der Waals surface area contributed by atoms with Crippen molar-refractivity contribution >= 4 is 6.29 Å². The molecule has 0 heterocycles. The summed E-state index contributed by atoms with van der Waals surface area (Å²) in [6.07, 6.45) is 1.57. The van der Waals surface area contributed by atoms with Crippen LogP contribution in [0.4, 0.5) is 0 Å². The smallest absolute Gasteiger partial charge is 0.658 e. The van der Waals surface area contributed by atoms with E-state index in [-0.39, 0.29) is 21.1 Å². The Labute approximate surface area is 64.3 Å². The molecule has 0 aromatic heterocycles. The van der Waals surface area contributed by atoms with Crippen molar-refractivity contribution in [3.05, 3.63) is 12.2 Å². The Morgan fingerprint density at radius 2 is 2.25 bits per heavy atom. The second-order valence-corrected chi connectivity index (χ2v) is 1.15. The summed E-state index contributed by atoms with van der Waals surface area (Å²) < 4.78 is 0. The number of hydrogen-bond acceptors (Lipinski definition) is 1. The first-order valence-corrected chi connectivity index (χ1v) is 2.28. The average Bonchev–Trinajstić information content (AvgIpc) is 1.69. The summed E-state index contributed by atoms with van der Waals surface area (Å²) in [7, 11) is 0. The number of carbonyl (C=O) groups is 1. The summed E-state index contributed by atoms with van der Waals surface area (Å²) >= 11 is 0. The van der Waals surface area contributed by atoms with E-state index in [2.05, 4.69) is 12.2 Å². The van der Waals surface area contributed by atoms with E-state index in [4.69, 9.17) is 0 Å². The molecule has 0 aliphatic rings. The Bertz CT molecular complexity index is 49.7. The predicted molar refractivity (Wildman–Crippen MR) is 29.1 cm³/mol. The van der Waals surface area contributed by atoms with Crippen LogP contribution in [0, 0.1) is 6.92 Å². The normalized spacial score (nSPS) is 7.62. The van der Waals surface area contributed by atoms with Crippen molar-refractivity contribution in [3.8, 4) is 0 Å². The monoisotopic (exact) mass is 283 g/mol. The van der Waals surface area contributed by atoms with E-state index in [0.717, 1.165) is 12.7 Å². The van der Waals surface area contributed by atoms with E-state index in [9.17, 15) is 4.79 Å². The van der Waals surface area contributed by atoms with Gasteiger partial charge in [-0.25, -0.2) is 6.42 Å². The molecule has 0 aliphatic heterocycles. The summed E-state index contributed by atoms with van der Waals surface area (Å²) in [5.41, 5.74) is 0. The van der Waals surface area contributed by atoms with Crippen molar-refractivity contribution in [1.29, 1.82) is 0 Å². The number of nitrogens with zero attached hydrogens (tertiary/aromatic N) is 1. The third-order valence-corrected chi connectivity index (χ3v) is 0.520. The fourth-order valence-electron chi connectivity index (χ4n) is 0.256. The summed E-state index contributed by atoms with van der Waals surface area (Å²) in [4.78, 5) is 9.57. The Morgan fingerprint density at radius 3 is 2.62 bits per heavy atom. The Hall–Kier alpha value is 0.318. The zero-order chi connectivity index (χ0) is 5.54. The fourth-order valence-corrected chi connectivity index (χ4v) is 0.256. The summed E-state index contributed by atoms with van der Waals surface area (Å²) in [5.74, 6) is 0. The second kappa shape index (κ2) is 10.3. The van der Waals surface area contributed by atoms with Crippen molar-refractivity contribution < 1.29 is 25.9 Å². The number of carbonyl (C=O) groups excluding carboxylic acids is 1. The van der Waals surface area contributed by atoms with Crippen molar-refractivity contribution in [3.63, 3.8) is 0 Å². The molecule has 0 radical (unpaired) electrons. The van der Waals surface area contributed by atoms with Gasteiger partial charge in [-0.2, -0.15) is 6.54 Å². The molecule has 3 heteroatoms. The summed E-state index contributed by atoms with van der Waals surface area (Å²) in [6, 6.07) is 0. The molecule has 8 heavy (non-hydrogen) atoms. The molecule has 0 rings (SSSR count). The quantitative estimate of drug-likeness (QED) is 0.426. The Morgan fingerprint density at radius 1 is 1.62 bits per heavy atom. The standard InChI is InChI=1S/C5H9NO.W/c1-2-3-6-4-5-7;/h5H,1-4H2;/q-2;+2. The molecule has 0 amide bonds. The van der Waals surface area contributed by atoms with E-state index >= 15 is 0 Å². The summed E-state index contributed by atoms with van der Waals surface area (Å²) in [5, 5.41) is 3.78. The van der Waals surface area contributed by atoms with Gasteiger partial charge >= 0.3 is 21.1 Å². The molecule has 0 fully saturated rings. The van der Waals surface area contributed by atoms with Crippen LogP contribution in [-0.2, 0) is 25.9 Å². The fraction of sp³-hybridized carbons (Fsp3) is 0.600. The van der Waals surface area contributed by atoms with Crippen molar-refractivity contribution in [2.24, 2.45) is 0 Å². The molecule has 0 bridgehead atoms. The summed E-state index contributed by atoms with van der Waals surface area (Å²) in [6.45, 7) is 4.58. The minimum absolute atomic E-state index is 0. The molecular formula is C5H9NOW. The van der Waals surface area contributed by atoms with Crippen molar-refractivity contribution in [1.82, 2.24) is 0 Å². The van der Waals surface area contributed by atoms with Crippen molar-refractivity contribution in [2.45, 2.75) is 6.42 Å². The third kappa shape index (κ3) is 9.58. The van der Waals surface area contributed by atoms with Crippen molar-refractivity contribution in [2.75, 3.05) is 13.1 Å². The molecule has 0 atom stereocenters. The van der Waals surface area contributed by atoms with E-state index < -0.39 is 0 Å². The van der Waals surface area contributed by atoms with Gasteiger partial charge < -0.3 is 17.0 Å². The molecule has 0 N–H and O–H groups in total. The molecule has 0 aromatic carbocycles. The van der Waals surface area contributed by atoms with Gasteiger partial charge in [-0.15, -0.1) is 0 Å². The van der Waals surface area contributed by atoms with Crippen LogP contribution in [0.15, 0.2) is 0 Å². The average molecular weight is 283 g/mol. The number of aldehydes is 1. The molecule has 0 unspecified atom stereocenters. The Kier molecular flexibility index (Phi) is 14.4. The minimum Gasteiger partial charge on any atom is -0.658 e. The zero-order valence-corrected chi connectivity index (χ0v) is 7.60. The topological polar surface area (TPSA) is 31.2 Å². The minimum atomic E-state index is 0. The predicted octanol–water partition coefficient (Wildman–Crippen LogP) is 0.781. The first-order valence-electron chi connectivity index (χ1n) is 2.28. The molecule has 2 nitrogen and oxygen atoms in total. The van der Waals surface area contributed by atoms with E-state index in [1.165, 1.54) is 0 Å². The van der Waals surface area contributed by atoms with Gasteiger partial charge in [-0.3, -0.25) is 0 Å². The first-order chi connectivity index (χ1) is 3.41. The molecule has 0 spiro atoms. The molecule has 0 aliphatic carbocycles. The van der Waals surface area contributed by atoms with Crippen LogP contribution < -0.4 is 0 Å². The number of hydrogen-bond donors (Lipinski definition) is 0. The van der Waals surface area contributed by atoms with E-state index in [1.807, 2.05) is 0 Å². The van der Waals surface area contributed by atoms with Crippen LogP contribution in [0.3, 0.4) is 0 Å². The Balaban J connectivity index is 0. The van der Waals surface area contributed by atoms with Crippen LogP contribution in [0.25, 0.3) is 5.32 Å². The van der Waals surface area contributed by atoms with Gasteiger partial charge in [0.05, 0.1) is 6.29 Å². The van der Waals surface area contributed by atoms with Gasteiger partial charge in [0.1, 0.15) is 0 Å². The van der Waals surface area contributed by atoms with Gasteiger partial charge in [0.15, 0.2) is 0 Å². The van der Waals surface area contributed by atoms with Crippen LogP contribution in [0.2, 0.25) is 0 Å². The molecule has 0 saturated carbocycles. The number of rotatable bonds is 4. The maximum absolute atomic E-state index is 9.57. The molecule has 46 valence electrons. The van der Waals surface area contributed by atoms with Crippen LogP contribution in [-0.4, -0.2) is 19.4 Å². The van der Waals surface area contributed by atoms with E-state index in [0.29, 0.717) is 13.1 Å². The SMILES string of the molecule is [CH2-]CC[N-]CC=O.[W+2].